The Balaban J connectivity index is 2.53. The molecular weight excluding hydrogens is 306 g/mol. The van der Waals surface area contributed by atoms with Crippen LogP contribution in [0.1, 0.15) is 0 Å². The Bertz CT molecular complexity index is 586. The van der Waals surface area contributed by atoms with Crippen LogP contribution in [-0.4, -0.2) is 40.4 Å². The molecule has 110 valence electrons. The van der Waals surface area contributed by atoms with E-state index in [0.717, 1.165) is 0 Å². The van der Waals surface area contributed by atoms with Gasteiger partial charge >= 0.3 is 0 Å². The zero-order valence-corrected chi connectivity index (χ0v) is 12.2. The molecule has 0 saturated heterocycles. The van der Waals surface area contributed by atoms with Crippen molar-refractivity contribution in [3.05, 3.63) is 29.3 Å². The summed E-state index contributed by atoms with van der Waals surface area (Å²) in [4.78, 5) is 22.3. The number of nitrogens with one attached hydrogen (secondary N) is 3. The van der Waals surface area contributed by atoms with Crippen molar-refractivity contribution < 1.29 is 18.0 Å². The maximum Gasteiger partial charge on any atom is 0.241 e. The summed E-state index contributed by atoms with van der Waals surface area (Å²) in [6.45, 7) is -0.667. The predicted molar refractivity (Wildman–Crippen MR) is 73.7 cm³/mol. The highest BCUT2D eigenvalue weighted by molar-refractivity contribution is 7.89. The van der Waals surface area contributed by atoms with Crippen LogP contribution >= 0.6 is 11.6 Å². The molecule has 0 spiro atoms. The average Bonchev–Trinajstić information content (AvgIpc) is 2.43. The third-order valence-corrected chi connectivity index (χ3v) is 3.94. The van der Waals surface area contributed by atoms with E-state index in [-0.39, 0.29) is 17.3 Å². The number of halogens is 1. The molecule has 0 heterocycles. The molecule has 9 heteroatoms. The van der Waals surface area contributed by atoms with Crippen molar-refractivity contribution >= 4 is 33.4 Å². The molecule has 0 bridgehead atoms. The van der Waals surface area contributed by atoms with Gasteiger partial charge in [-0.2, -0.15) is 0 Å². The smallest absolute Gasteiger partial charge is 0.241 e. The van der Waals surface area contributed by atoms with Gasteiger partial charge in [0.25, 0.3) is 0 Å². The van der Waals surface area contributed by atoms with E-state index < -0.39 is 22.5 Å². The first kappa shape index (κ1) is 16.4. The third-order valence-electron chi connectivity index (χ3n) is 2.27. The molecule has 0 aliphatic heterocycles. The topological polar surface area (TPSA) is 104 Å². The molecule has 3 N–H and O–H groups in total. The van der Waals surface area contributed by atoms with E-state index in [1.165, 1.54) is 31.3 Å². The van der Waals surface area contributed by atoms with Crippen LogP contribution in [0.4, 0.5) is 0 Å². The monoisotopic (exact) mass is 319 g/mol. The fraction of sp³-hybridized carbons (Fsp3) is 0.273. The van der Waals surface area contributed by atoms with Gasteiger partial charge in [-0.05, 0) is 24.3 Å². The number of sulfonamides is 1. The highest BCUT2D eigenvalue weighted by atomic mass is 35.5. The van der Waals surface area contributed by atoms with Gasteiger partial charge in [0.1, 0.15) is 0 Å². The van der Waals surface area contributed by atoms with Gasteiger partial charge in [0, 0.05) is 12.1 Å². The van der Waals surface area contributed by atoms with Gasteiger partial charge in [0.2, 0.25) is 21.8 Å². The average molecular weight is 320 g/mol. The Kier molecular flexibility index (Phi) is 5.93. The standard InChI is InChI=1S/C11H14ClN3O4S/c1-13-10(16)6-14-11(17)7-15-20(18,19)9-4-2-8(12)3-5-9/h2-5,15H,6-7H2,1H3,(H,13,16)(H,14,17). The Morgan fingerprint density at radius 2 is 1.70 bits per heavy atom. The molecule has 7 nitrogen and oxygen atoms in total. The van der Waals surface area contributed by atoms with E-state index in [4.69, 9.17) is 11.6 Å². The van der Waals surface area contributed by atoms with Gasteiger partial charge in [-0.15, -0.1) is 0 Å². The summed E-state index contributed by atoms with van der Waals surface area (Å²) in [5.74, 6) is -0.981. The molecule has 1 rings (SSSR count). The van der Waals surface area contributed by atoms with Gasteiger partial charge < -0.3 is 10.6 Å². The second-order valence-electron chi connectivity index (χ2n) is 3.73. The van der Waals surface area contributed by atoms with Crippen molar-refractivity contribution in [2.45, 2.75) is 4.90 Å². The van der Waals surface area contributed by atoms with Crippen LogP contribution in [0.15, 0.2) is 29.2 Å². The Hall–Kier alpha value is -1.64. The van der Waals surface area contributed by atoms with Gasteiger partial charge in [0.05, 0.1) is 18.0 Å². The highest BCUT2D eigenvalue weighted by Crippen LogP contribution is 2.13. The van der Waals surface area contributed by atoms with Gasteiger partial charge in [0.15, 0.2) is 0 Å². The summed E-state index contributed by atoms with van der Waals surface area (Å²) in [5, 5.41) is 5.00. The lowest BCUT2D eigenvalue weighted by Crippen LogP contribution is -2.41. The van der Waals surface area contributed by atoms with Crippen molar-refractivity contribution in [1.29, 1.82) is 0 Å². The summed E-state index contributed by atoms with van der Waals surface area (Å²) in [5.41, 5.74) is 0. The second kappa shape index (κ2) is 7.22. The molecule has 0 fully saturated rings. The van der Waals surface area contributed by atoms with E-state index in [1.807, 2.05) is 0 Å². The molecule has 0 radical (unpaired) electrons. The number of rotatable bonds is 6. The molecular formula is C11H14ClN3O4S. The lowest BCUT2D eigenvalue weighted by Gasteiger charge is -2.07. The van der Waals surface area contributed by atoms with Gasteiger partial charge in [-0.25, -0.2) is 13.1 Å². The van der Waals surface area contributed by atoms with Crippen LogP contribution in [0.2, 0.25) is 5.02 Å². The number of hydrogen-bond donors (Lipinski definition) is 3. The fourth-order valence-corrected chi connectivity index (χ4v) is 2.30. The van der Waals surface area contributed by atoms with E-state index in [2.05, 4.69) is 15.4 Å². The summed E-state index contributed by atoms with van der Waals surface area (Å²) in [6.07, 6.45) is 0. The second-order valence-corrected chi connectivity index (χ2v) is 5.93. The third kappa shape index (κ3) is 5.16. The Morgan fingerprint density at radius 1 is 1.10 bits per heavy atom. The molecule has 1 aromatic carbocycles. The summed E-state index contributed by atoms with van der Waals surface area (Å²) < 4.78 is 25.8. The highest BCUT2D eigenvalue weighted by Gasteiger charge is 2.15. The molecule has 0 saturated carbocycles. The van der Waals surface area contributed by atoms with E-state index in [0.29, 0.717) is 5.02 Å². The molecule has 0 unspecified atom stereocenters. The van der Waals surface area contributed by atoms with Crippen LogP contribution in [0, 0.1) is 0 Å². The van der Waals surface area contributed by atoms with E-state index >= 15 is 0 Å². The number of hydrogen-bond acceptors (Lipinski definition) is 4. The zero-order valence-electron chi connectivity index (χ0n) is 10.6. The zero-order chi connectivity index (χ0) is 15.2. The van der Waals surface area contributed by atoms with Crippen LogP contribution in [0.5, 0.6) is 0 Å². The number of amides is 2. The molecule has 0 aliphatic carbocycles. The number of carbonyl (C=O) groups excluding carboxylic acids is 2. The van der Waals surface area contributed by atoms with Crippen LogP contribution in [0.25, 0.3) is 0 Å². The minimum atomic E-state index is -3.79. The van der Waals surface area contributed by atoms with Gasteiger partial charge in [-0.3, -0.25) is 9.59 Å². The molecule has 2 amide bonds. The van der Waals surface area contributed by atoms with Crippen LogP contribution in [0.3, 0.4) is 0 Å². The number of benzene rings is 1. The quantitative estimate of drug-likeness (QED) is 0.656. The first-order valence-corrected chi connectivity index (χ1v) is 7.44. The summed E-state index contributed by atoms with van der Waals surface area (Å²) in [6, 6.07) is 5.52. The molecule has 0 atom stereocenters. The molecule has 1 aromatic rings. The molecule has 0 aliphatic rings. The van der Waals surface area contributed by atoms with Crippen LogP contribution < -0.4 is 15.4 Å². The van der Waals surface area contributed by atoms with Crippen molar-refractivity contribution in [2.75, 3.05) is 20.1 Å². The largest absolute Gasteiger partial charge is 0.358 e. The lowest BCUT2D eigenvalue weighted by molar-refractivity contribution is -0.125. The molecule has 20 heavy (non-hydrogen) atoms. The summed E-state index contributed by atoms with van der Waals surface area (Å²) >= 11 is 5.66. The van der Waals surface area contributed by atoms with Crippen molar-refractivity contribution in [2.24, 2.45) is 0 Å². The Morgan fingerprint density at radius 3 is 2.25 bits per heavy atom. The minimum absolute atomic E-state index is 0.000927. The number of likely N-dealkylation sites (N-methyl/N-ethyl adjacent to an activating group) is 1. The van der Waals surface area contributed by atoms with Crippen LogP contribution in [-0.2, 0) is 19.6 Å². The van der Waals surface area contributed by atoms with E-state index in [9.17, 15) is 18.0 Å². The van der Waals surface area contributed by atoms with Crippen molar-refractivity contribution in [3.8, 4) is 0 Å². The SMILES string of the molecule is CNC(=O)CNC(=O)CNS(=O)(=O)c1ccc(Cl)cc1. The normalized spacial score (nSPS) is 10.9. The van der Waals surface area contributed by atoms with Crippen molar-refractivity contribution in [1.82, 2.24) is 15.4 Å². The lowest BCUT2D eigenvalue weighted by atomic mass is 10.4. The van der Waals surface area contributed by atoms with Crippen molar-refractivity contribution in [3.63, 3.8) is 0 Å². The summed E-state index contributed by atoms with van der Waals surface area (Å²) in [7, 11) is -2.36. The first-order chi connectivity index (χ1) is 9.35. The maximum atomic E-state index is 11.8. The minimum Gasteiger partial charge on any atom is -0.358 e. The molecule has 0 aromatic heterocycles. The maximum absolute atomic E-state index is 11.8. The van der Waals surface area contributed by atoms with Gasteiger partial charge in [-0.1, -0.05) is 11.6 Å². The van der Waals surface area contributed by atoms with E-state index in [1.54, 1.807) is 0 Å². The fourth-order valence-electron chi connectivity index (χ4n) is 1.19. The number of carbonyl (C=O) groups is 2. The Labute approximate surface area is 121 Å². The predicted octanol–water partition coefficient (Wildman–Crippen LogP) is -0.519. The first-order valence-electron chi connectivity index (χ1n) is 5.57.